The molecule has 14 heavy (non-hydrogen) atoms. The lowest BCUT2D eigenvalue weighted by molar-refractivity contribution is 0.0938. The van der Waals surface area contributed by atoms with Crippen molar-refractivity contribution in [3.05, 3.63) is 0 Å². The molecule has 0 bridgehead atoms. The van der Waals surface area contributed by atoms with Crippen LogP contribution in [0.3, 0.4) is 0 Å². The van der Waals surface area contributed by atoms with Crippen LogP contribution in [0.25, 0.3) is 0 Å². The first kappa shape index (κ1) is 15.3. The number of alkyl halides is 3. The monoisotopic (exact) mass is 301 g/mol. The van der Waals surface area contributed by atoms with E-state index in [1.807, 2.05) is 0 Å². The van der Waals surface area contributed by atoms with E-state index in [0.29, 0.717) is 0 Å². The number of rotatable bonds is 5. The van der Waals surface area contributed by atoms with Crippen molar-refractivity contribution in [3.63, 3.8) is 0 Å². The van der Waals surface area contributed by atoms with Gasteiger partial charge in [0.05, 0.1) is 0 Å². The molecule has 0 aliphatic carbocycles. The Labute approximate surface area is 102 Å². The molecule has 9 heteroatoms. The van der Waals surface area contributed by atoms with Gasteiger partial charge in [-0.15, -0.1) is 0 Å². The zero-order valence-corrected chi connectivity index (χ0v) is 11.8. The van der Waals surface area contributed by atoms with Crippen LogP contribution in [0.4, 0.5) is 0 Å². The first-order valence-electron chi connectivity index (χ1n) is 3.38. The fraction of sp³-hybridized carbons (Fsp3) is 1.00. The number of ether oxygens (including phenoxy) is 1. The molecule has 1 N–H and O–H groups in total. The smallest absolute Gasteiger partial charge is 0.328 e. The molecular weight excluding hydrogens is 291 g/mol. The maximum Gasteiger partial charge on any atom is 0.328 e. The highest BCUT2D eigenvalue weighted by Crippen LogP contribution is 2.55. The van der Waals surface area contributed by atoms with Crippen molar-refractivity contribution in [2.24, 2.45) is 0 Å². The first-order chi connectivity index (χ1) is 6.29. The fourth-order valence-corrected chi connectivity index (χ4v) is 3.24. The van der Waals surface area contributed by atoms with Crippen molar-refractivity contribution in [1.82, 2.24) is 5.09 Å². The van der Waals surface area contributed by atoms with Gasteiger partial charge in [-0.05, 0) is 6.26 Å². The molecule has 0 amide bonds. The molecule has 0 aliphatic heterocycles. The van der Waals surface area contributed by atoms with Crippen LogP contribution in [0.5, 0.6) is 0 Å². The van der Waals surface area contributed by atoms with Gasteiger partial charge in [-0.25, -0.2) is 5.09 Å². The number of hydrogen-bond donors (Lipinski definition) is 1. The number of methoxy groups -OCH3 is 1. The van der Waals surface area contributed by atoms with E-state index >= 15 is 0 Å². The lowest BCUT2D eigenvalue weighted by Gasteiger charge is -2.26. The summed E-state index contributed by atoms with van der Waals surface area (Å²) in [5.74, 6) is 0. The Morgan fingerprint density at radius 2 is 1.93 bits per heavy atom. The predicted octanol–water partition coefficient (Wildman–Crippen LogP) is 3.04. The Hall–Kier alpha value is 1.33. The van der Waals surface area contributed by atoms with Gasteiger partial charge in [0.2, 0.25) is 3.79 Å². The van der Waals surface area contributed by atoms with E-state index in [1.54, 1.807) is 6.26 Å². The van der Waals surface area contributed by atoms with Gasteiger partial charge in [0.25, 0.3) is 0 Å². The van der Waals surface area contributed by atoms with Gasteiger partial charge in [0, 0.05) is 14.2 Å². The molecule has 0 rings (SSSR count). The van der Waals surface area contributed by atoms with E-state index in [0.717, 1.165) is 11.4 Å². The van der Waals surface area contributed by atoms with Gasteiger partial charge < -0.3 is 9.26 Å². The van der Waals surface area contributed by atoms with E-state index in [2.05, 4.69) is 5.09 Å². The average molecular weight is 303 g/mol. The van der Waals surface area contributed by atoms with Gasteiger partial charge >= 0.3 is 6.72 Å². The molecule has 0 aromatic heterocycles. The summed E-state index contributed by atoms with van der Waals surface area (Å²) in [5.41, 5.74) is 0. The molecule has 0 saturated carbocycles. The Balaban J connectivity index is 4.54. The Kier molecular flexibility index (Phi) is 6.75. The summed E-state index contributed by atoms with van der Waals surface area (Å²) < 4.78 is 19.6. The Morgan fingerprint density at radius 1 is 1.43 bits per heavy atom. The van der Waals surface area contributed by atoms with Crippen LogP contribution < -0.4 is 5.09 Å². The van der Waals surface area contributed by atoms with E-state index < -0.39 is 16.7 Å². The summed E-state index contributed by atoms with van der Waals surface area (Å²) in [7, 11) is 2.63. The molecular formula is C5H11Cl3NO3PS. The van der Waals surface area contributed by atoms with Crippen LogP contribution in [0.1, 0.15) is 0 Å². The van der Waals surface area contributed by atoms with Crippen molar-refractivity contribution in [2.45, 2.75) is 10.0 Å². The lowest BCUT2D eigenvalue weighted by atomic mass is 10.7. The molecule has 0 spiro atoms. The summed E-state index contributed by atoms with van der Waals surface area (Å²) in [6.45, 7) is -3.06. The summed E-state index contributed by atoms with van der Waals surface area (Å²) >= 11 is 17.7. The Morgan fingerprint density at radius 3 is 2.14 bits per heavy atom. The highest BCUT2D eigenvalue weighted by molar-refractivity contribution is 8.55. The number of halogens is 3. The zero-order valence-electron chi connectivity index (χ0n) is 7.79. The standard InChI is InChI=1S/C5H11Cl3NO3PS/c1-11-4(5(6,7)8)9-13(10,12-2)14-3/h4H,1-3H3,(H,9,10). The quantitative estimate of drug-likeness (QED) is 0.480. The minimum Gasteiger partial charge on any atom is -0.362 e. The second-order valence-electron chi connectivity index (χ2n) is 2.15. The van der Waals surface area contributed by atoms with E-state index in [1.165, 1.54) is 14.2 Å². The Bertz CT molecular complexity index is 217. The molecule has 2 atom stereocenters. The highest BCUT2D eigenvalue weighted by atomic mass is 35.6. The van der Waals surface area contributed by atoms with Gasteiger partial charge in [-0.3, -0.25) is 4.57 Å². The molecule has 0 aromatic rings. The van der Waals surface area contributed by atoms with Crippen LogP contribution in [0.15, 0.2) is 0 Å². The number of nitrogens with one attached hydrogen (secondary N) is 1. The van der Waals surface area contributed by atoms with Gasteiger partial charge in [0.15, 0.2) is 6.23 Å². The van der Waals surface area contributed by atoms with Crippen LogP contribution in [-0.2, 0) is 13.8 Å². The van der Waals surface area contributed by atoms with Crippen molar-refractivity contribution in [2.75, 3.05) is 20.5 Å². The largest absolute Gasteiger partial charge is 0.362 e. The summed E-state index contributed by atoms with van der Waals surface area (Å²) in [4.78, 5) is 0. The SMILES string of the molecule is COC(NP(=O)(OC)SC)C(Cl)(Cl)Cl. The maximum absolute atomic E-state index is 11.7. The van der Waals surface area contributed by atoms with Gasteiger partial charge in [-0.2, -0.15) is 0 Å². The molecule has 0 saturated heterocycles. The predicted molar refractivity (Wildman–Crippen MR) is 62.4 cm³/mol. The summed E-state index contributed by atoms with van der Waals surface area (Å²) in [5, 5.41) is 2.50. The average Bonchev–Trinajstić information content (AvgIpc) is 2.12. The topological polar surface area (TPSA) is 47.6 Å². The van der Waals surface area contributed by atoms with Crippen LogP contribution in [0, 0.1) is 0 Å². The van der Waals surface area contributed by atoms with Crippen LogP contribution in [-0.4, -0.2) is 30.5 Å². The summed E-state index contributed by atoms with van der Waals surface area (Å²) in [6, 6.07) is 0. The van der Waals surface area contributed by atoms with E-state index in [4.69, 9.17) is 44.1 Å². The molecule has 0 heterocycles. The van der Waals surface area contributed by atoms with Crippen molar-refractivity contribution < 1.29 is 13.8 Å². The van der Waals surface area contributed by atoms with Crippen molar-refractivity contribution in [3.8, 4) is 0 Å². The first-order valence-corrected chi connectivity index (χ1v) is 7.96. The molecule has 4 nitrogen and oxygen atoms in total. The van der Waals surface area contributed by atoms with Crippen molar-refractivity contribution >= 4 is 52.9 Å². The third-order valence-electron chi connectivity index (χ3n) is 1.29. The summed E-state index contributed by atoms with van der Waals surface area (Å²) in [6.07, 6.45) is 0.619. The molecule has 0 aromatic carbocycles. The lowest BCUT2D eigenvalue weighted by Crippen LogP contribution is -2.39. The third kappa shape index (κ3) is 4.90. The molecule has 0 fully saturated rings. The van der Waals surface area contributed by atoms with Crippen molar-refractivity contribution in [1.29, 1.82) is 0 Å². The van der Waals surface area contributed by atoms with E-state index in [9.17, 15) is 4.57 Å². The normalized spacial score (nSPS) is 19.0. The minimum atomic E-state index is -3.06. The van der Waals surface area contributed by atoms with Gasteiger partial charge in [-0.1, -0.05) is 46.2 Å². The molecule has 86 valence electrons. The van der Waals surface area contributed by atoms with E-state index in [-0.39, 0.29) is 0 Å². The maximum atomic E-state index is 11.7. The van der Waals surface area contributed by atoms with Gasteiger partial charge in [0.1, 0.15) is 0 Å². The zero-order chi connectivity index (χ0) is 11.4. The highest BCUT2D eigenvalue weighted by Gasteiger charge is 2.38. The van der Waals surface area contributed by atoms with Crippen LogP contribution in [0.2, 0.25) is 0 Å². The third-order valence-corrected chi connectivity index (χ3v) is 5.60. The second kappa shape index (κ2) is 6.16. The molecule has 2 unspecified atom stereocenters. The number of hydrogen-bond acceptors (Lipinski definition) is 4. The molecule has 0 radical (unpaired) electrons. The fourth-order valence-electron chi connectivity index (χ4n) is 0.583. The van der Waals surface area contributed by atoms with Crippen LogP contribution >= 0.6 is 52.9 Å². The minimum absolute atomic E-state index is 0.995. The second-order valence-corrected chi connectivity index (χ2v) is 9.04. The molecule has 0 aliphatic rings.